The van der Waals surface area contributed by atoms with Crippen LogP contribution in [0.5, 0.6) is 0 Å². The van der Waals surface area contributed by atoms with E-state index in [0.29, 0.717) is 18.1 Å². The van der Waals surface area contributed by atoms with Crippen LogP contribution in [0.3, 0.4) is 0 Å². The van der Waals surface area contributed by atoms with E-state index in [1.165, 1.54) is 11.0 Å². The Morgan fingerprint density at radius 3 is 2.69 bits per heavy atom. The van der Waals surface area contributed by atoms with E-state index in [-0.39, 0.29) is 41.5 Å². The standard InChI is InChI=1S/C23H33ClN6O5/c1-14(17-10-16(35-28-17)12-29-6-8-32-9-7-29)25-21-26-19(24)11-20(27-21)30-18(13-33-22(30)31)15(2)34-23(3,4)5/h10-11,14-15,18H,6-9,12-13H2,1-5H3,(H,25,26,27)/t14-,15-,18-/m1/s1. The molecule has 1 N–H and O–H groups in total. The molecule has 0 aromatic carbocycles. The first-order valence-electron chi connectivity index (χ1n) is 11.8. The Labute approximate surface area is 210 Å². The Balaban J connectivity index is 1.46. The minimum atomic E-state index is -0.502. The van der Waals surface area contributed by atoms with Crippen molar-refractivity contribution in [1.82, 2.24) is 20.0 Å². The minimum absolute atomic E-state index is 0.195. The molecule has 2 fully saturated rings. The zero-order valence-corrected chi connectivity index (χ0v) is 21.5. The second kappa shape index (κ2) is 10.7. The number of anilines is 2. The number of morpholine rings is 1. The molecule has 0 saturated carbocycles. The Morgan fingerprint density at radius 1 is 1.23 bits per heavy atom. The van der Waals surface area contributed by atoms with Gasteiger partial charge in [-0.25, -0.2) is 9.78 Å². The van der Waals surface area contributed by atoms with Gasteiger partial charge >= 0.3 is 6.09 Å². The van der Waals surface area contributed by atoms with E-state index in [1.807, 2.05) is 40.7 Å². The second-order valence-electron chi connectivity index (χ2n) is 9.79. The maximum Gasteiger partial charge on any atom is 0.416 e. The first kappa shape index (κ1) is 25.6. The van der Waals surface area contributed by atoms with Gasteiger partial charge in [0.25, 0.3) is 0 Å². The van der Waals surface area contributed by atoms with E-state index in [9.17, 15) is 4.79 Å². The average Bonchev–Trinajstić information content (AvgIpc) is 3.39. The molecule has 0 unspecified atom stereocenters. The van der Waals surface area contributed by atoms with Crippen molar-refractivity contribution in [2.45, 2.75) is 65.0 Å². The molecule has 35 heavy (non-hydrogen) atoms. The number of carbonyl (C=O) groups excluding carboxylic acids is 1. The largest absolute Gasteiger partial charge is 0.447 e. The first-order valence-corrected chi connectivity index (χ1v) is 12.2. The molecular formula is C23H33ClN6O5. The van der Waals surface area contributed by atoms with E-state index >= 15 is 0 Å². The Hall–Kier alpha value is -2.47. The number of carbonyl (C=O) groups is 1. The minimum Gasteiger partial charge on any atom is -0.447 e. The summed E-state index contributed by atoms with van der Waals surface area (Å²) in [5.74, 6) is 1.38. The predicted octanol–water partition coefficient (Wildman–Crippen LogP) is 3.65. The number of rotatable bonds is 8. The number of halogens is 1. The van der Waals surface area contributed by atoms with Crippen molar-refractivity contribution in [1.29, 1.82) is 0 Å². The maximum atomic E-state index is 12.6. The van der Waals surface area contributed by atoms with Gasteiger partial charge in [-0.1, -0.05) is 16.8 Å². The summed E-state index contributed by atoms with van der Waals surface area (Å²) in [6.07, 6.45) is -0.789. The number of amides is 1. The van der Waals surface area contributed by atoms with Crippen molar-refractivity contribution < 1.29 is 23.5 Å². The maximum absolute atomic E-state index is 12.6. The summed E-state index contributed by atoms with van der Waals surface area (Å²) < 4.78 is 22.3. The highest BCUT2D eigenvalue weighted by molar-refractivity contribution is 6.29. The van der Waals surface area contributed by atoms with Crippen LogP contribution in [0.2, 0.25) is 5.15 Å². The molecule has 192 valence electrons. The lowest BCUT2D eigenvalue weighted by Gasteiger charge is -2.31. The van der Waals surface area contributed by atoms with Crippen molar-refractivity contribution in [2.24, 2.45) is 0 Å². The zero-order valence-electron chi connectivity index (χ0n) is 20.8. The van der Waals surface area contributed by atoms with Gasteiger partial charge in [-0.3, -0.25) is 9.80 Å². The van der Waals surface area contributed by atoms with Gasteiger partial charge in [0.05, 0.1) is 37.5 Å². The van der Waals surface area contributed by atoms with Crippen molar-refractivity contribution in [3.05, 3.63) is 28.7 Å². The van der Waals surface area contributed by atoms with E-state index in [1.54, 1.807) is 0 Å². The monoisotopic (exact) mass is 508 g/mol. The van der Waals surface area contributed by atoms with Crippen molar-refractivity contribution in [3.63, 3.8) is 0 Å². The molecule has 0 bridgehead atoms. The summed E-state index contributed by atoms with van der Waals surface area (Å²) in [6, 6.07) is 2.85. The smallest absolute Gasteiger partial charge is 0.416 e. The van der Waals surface area contributed by atoms with Gasteiger partial charge in [-0.15, -0.1) is 0 Å². The molecule has 2 aromatic rings. The van der Waals surface area contributed by atoms with Gasteiger partial charge in [0.2, 0.25) is 5.95 Å². The third kappa shape index (κ3) is 6.60. The summed E-state index contributed by atoms with van der Waals surface area (Å²) in [5, 5.41) is 7.60. The lowest BCUT2D eigenvalue weighted by molar-refractivity contribution is -0.0618. The quantitative estimate of drug-likeness (QED) is 0.529. The Kier molecular flexibility index (Phi) is 7.80. The van der Waals surface area contributed by atoms with Crippen molar-refractivity contribution in [3.8, 4) is 0 Å². The molecule has 4 heterocycles. The summed E-state index contributed by atoms with van der Waals surface area (Å²) in [7, 11) is 0. The van der Waals surface area contributed by atoms with E-state index in [4.69, 9.17) is 30.3 Å². The average molecular weight is 509 g/mol. The van der Waals surface area contributed by atoms with E-state index in [0.717, 1.165) is 32.1 Å². The normalized spacial score (nSPS) is 21.1. The number of nitrogens with zero attached hydrogens (tertiary/aromatic N) is 5. The molecular weight excluding hydrogens is 476 g/mol. The number of ether oxygens (including phenoxy) is 3. The number of hydrogen-bond donors (Lipinski definition) is 1. The highest BCUT2D eigenvalue weighted by Gasteiger charge is 2.40. The topological polar surface area (TPSA) is 115 Å². The van der Waals surface area contributed by atoms with Crippen LogP contribution >= 0.6 is 11.6 Å². The Morgan fingerprint density at radius 2 is 1.97 bits per heavy atom. The fraction of sp³-hybridized carbons (Fsp3) is 0.652. The lowest BCUT2D eigenvalue weighted by atomic mass is 10.1. The number of nitrogens with one attached hydrogen (secondary N) is 1. The van der Waals surface area contributed by atoms with Crippen LogP contribution in [0, 0.1) is 0 Å². The summed E-state index contributed by atoms with van der Waals surface area (Å²) >= 11 is 6.30. The molecule has 1 amide bonds. The molecule has 0 aliphatic carbocycles. The van der Waals surface area contributed by atoms with Gasteiger partial charge < -0.3 is 24.1 Å². The fourth-order valence-electron chi connectivity index (χ4n) is 4.13. The third-order valence-corrected chi connectivity index (χ3v) is 5.96. The van der Waals surface area contributed by atoms with Crippen molar-refractivity contribution in [2.75, 3.05) is 43.1 Å². The van der Waals surface area contributed by atoms with Crippen LogP contribution in [0.4, 0.5) is 16.6 Å². The highest BCUT2D eigenvalue weighted by Crippen LogP contribution is 2.29. The predicted molar refractivity (Wildman–Crippen MR) is 130 cm³/mol. The number of aromatic nitrogens is 3. The molecule has 3 atom stereocenters. The summed E-state index contributed by atoms with van der Waals surface area (Å²) in [6.45, 7) is 13.8. The highest BCUT2D eigenvalue weighted by atomic mass is 35.5. The third-order valence-electron chi connectivity index (χ3n) is 5.76. The van der Waals surface area contributed by atoms with Gasteiger partial charge in [-0.05, 0) is 34.6 Å². The first-order chi connectivity index (χ1) is 16.6. The van der Waals surface area contributed by atoms with Crippen LogP contribution in [0.15, 0.2) is 16.7 Å². The lowest BCUT2D eigenvalue weighted by Crippen LogP contribution is -2.45. The molecule has 2 aliphatic rings. The summed E-state index contributed by atoms with van der Waals surface area (Å²) in [5.41, 5.74) is 0.337. The van der Waals surface area contributed by atoms with Crippen LogP contribution in [-0.2, 0) is 20.8 Å². The molecule has 11 nitrogen and oxygen atoms in total. The van der Waals surface area contributed by atoms with Gasteiger partial charge in [0.15, 0.2) is 5.76 Å². The molecule has 0 spiro atoms. The SMILES string of the molecule is C[C@@H](Nc1nc(Cl)cc(N2C(=O)OC[C@@H]2[C@@H](C)OC(C)(C)C)n1)c1cc(CN2CCOCC2)on1. The van der Waals surface area contributed by atoms with E-state index < -0.39 is 6.09 Å². The molecule has 2 saturated heterocycles. The Bertz CT molecular complexity index is 1020. The van der Waals surface area contributed by atoms with Gasteiger partial charge in [0.1, 0.15) is 29.3 Å². The van der Waals surface area contributed by atoms with E-state index in [2.05, 4.69) is 25.3 Å². The summed E-state index contributed by atoms with van der Waals surface area (Å²) in [4.78, 5) is 25.1. The van der Waals surface area contributed by atoms with Crippen LogP contribution in [-0.4, -0.2) is 76.8 Å². The number of cyclic esters (lactones) is 1. The molecule has 4 rings (SSSR count). The molecule has 12 heteroatoms. The fourth-order valence-corrected chi connectivity index (χ4v) is 4.31. The molecule has 0 radical (unpaired) electrons. The zero-order chi connectivity index (χ0) is 25.2. The number of hydrogen-bond acceptors (Lipinski definition) is 10. The van der Waals surface area contributed by atoms with Crippen LogP contribution in [0.1, 0.15) is 52.1 Å². The van der Waals surface area contributed by atoms with Crippen LogP contribution < -0.4 is 10.2 Å². The van der Waals surface area contributed by atoms with Gasteiger partial charge in [0, 0.05) is 25.2 Å². The van der Waals surface area contributed by atoms with Gasteiger partial charge in [-0.2, -0.15) is 4.98 Å². The molecule has 2 aliphatic heterocycles. The van der Waals surface area contributed by atoms with Crippen LogP contribution in [0.25, 0.3) is 0 Å². The molecule has 2 aromatic heterocycles. The second-order valence-corrected chi connectivity index (χ2v) is 10.2. The van der Waals surface area contributed by atoms with Crippen molar-refractivity contribution >= 4 is 29.5 Å².